The van der Waals surface area contributed by atoms with Crippen molar-refractivity contribution in [3.8, 4) is 11.5 Å². The molecule has 0 aromatic heterocycles. The average molecular weight is 236 g/mol. The van der Waals surface area contributed by atoms with Crippen LogP contribution in [0.5, 0.6) is 11.5 Å². The number of benzene rings is 2. The molecule has 1 heterocycles. The number of ether oxygens (including phenoxy) is 1. The summed E-state index contributed by atoms with van der Waals surface area (Å²) in [4.78, 5) is 0. The van der Waals surface area contributed by atoms with Crippen LogP contribution in [0.15, 0.2) is 61.2 Å². The van der Waals surface area contributed by atoms with Crippen LogP contribution in [-0.2, 0) is 0 Å². The van der Waals surface area contributed by atoms with Gasteiger partial charge in [-0.2, -0.15) is 0 Å². The highest BCUT2D eigenvalue weighted by Gasteiger charge is 2.16. The fraction of sp³-hybridized carbons (Fsp3) is 0. The summed E-state index contributed by atoms with van der Waals surface area (Å²) in [6, 6.07) is 14.9. The fourth-order valence-corrected chi connectivity index (χ4v) is 1.99. The zero-order valence-corrected chi connectivity index (χ0v) is 9.76. The third kappa shape index (κ3) is 1.78. The van der Waals surface area contributed by atoms with Crippen LogP contribution in [0.3, 0.4) is 0 Å². The van der Waals surface area contributed by atoms with Crippen molar-refractivity contribution in [2.75, 3.05) is 0 Å². The van der Waals surface area contributed by atoms with E-state index in [2.05, 4.69) is 6.58 Å². The third-order valence-corrected chi connectivity index (χ3v) is 2.89. The Bertz CT molecular complexity index is 639. The molecule has 1 N–H and O–H groups in total. The van der Waals surface area contributed by atoms with Gasteiger partial charge in [0.1, 0.15) is 17.3 Å². The van der Waals surface area contributed by atoms with Gasteiger partial charge in [-0.15, -0.1) is 0 Å². The van der Waals surface area contributed by atoms with E-state index in [0.717, 1.165) is 22.5 Å². The maximum absolute atomic E-state index is 9.50. The molecule has 0 radical (unpaired) electrons. The molecule has 2 nitrogen and oxygen atoms in total. The molecule has 2 heteroatoms. The number of allylic oxidation sites excluding steroid dienone is 2. The normalized spacial score (nSPS) is 13.6. The Balaban J connectivity index is 2.06. The van der Waals surface area contributed by atoms with Crippen molar-refractivity contribution >= 4 is 11.3 Å². The van der Waals surface area contributed by atoms with Crippen molar-refractivity contribution < 1.29 is 9.84 Å². The molecule has 0 saturated heterocycles. The first-order chi connectivity index (χ1) is 8.74. The second-order valence-corrected chi connectivity index (χ2v) is 4.18. The first-order valence-corrected chi connectivity index (χ1v) is 5.71. The molecule has 0 fully saturated rings. The topological polar surface area (TPSA) is 29.5 Å². The highest BCUT2D eigenvalue weighted by atomic mass is 16.5. The maximum atomic E-state index is 9.50. The van der Waals surface area contributed by atoms with Gasteiger partial charge in [-0.05, 0) is 23.8 Å². The smallest absolute Gasteiger partial charge is 0.138 e. The monoisotopic (exact) mass is 236 g/mol. The molecule has 18 heavy (non-hydrogen) atoms. The number of rotatable bonds is 1. The predicted octanol–water partition coefficient (Wildman–Crippen LogP) is 3.84. The largest absolute Gasteiger partial charge is 0.508 e. The van der Waals surface area contributed by atoms with E-state index in [9.17, 15) is 5.11 Å². The summed E-state index contributed by atoms with van der Waals surface area (Å²) in [7, 11) is 0. The summed E-state index contributed by atoms with van der Waals surface area (Å²) in [5.74, 6) is 1.58. The van der Waals surface area contributed by atoms with Gasteiger partial charge >= 0.3 is 0 Å². The van der Waals surface area contributed by atoms with Gasteiger partial charge in [0.05, 0.1) is 0 Å². The SMILES string of the molecule is C=C1C=C(c2ccccc2)Oc2cc(O)ccc21. The van der Waals surface area contributed by atoms with Crippen molar-refractivity contribution in [3.05, 3.63) is 72.3 Å². The molecule has 0 saturated carbocycles. The molecular weight excluding hydrogens is 224 g/mol. The molecule has 88 valence electrons. The van der Waals surface area contributed by atoms with Gasteiger partial charge in [0.15, 0.2) is 0 Å². The number of hydrogen-bond acceptors (Lipinski definition) is 2. The standard InChI is InChI=1S/C16H12O2/c1-11-9-15(12-5-3-2-4-6-12)18-16-10-13(17)7-8-14(11)16/h2-10,17H,1H2. The lowest BCUT2D eigenvalue weighted by atomic mass is 10.0. The van der Waals surface area contributed by atoms with Gasteiger partial charge in [0, 0.05) is 17.2 Å². The minimum Gasteiger partial charge on any atom is -0.508 e. The van der Waals surface area contributed by atoms with Gasteiger partial charge in [-0.25, -0.2) is 0 Å². The van der Waals surface area contributed by atoms with Gasteiger partial charge < -0.3 is 9.84 Å². The number of fused-ring (bicyclic) bond motifs is 1. The Hall–Kier alpha value is -2.48. The molecule has 0 amide bonds. The lowest BCUT2D eigenvalue weighted by Gasteiger charge is -2.20. The summed E-state index contributed by atoms with van der Waals surface area (Å²) in [6.07, 6.45) is 1.91. The van der Waals surface area contributed by atoms with Crippen LogP contribution < -0.4 is 4.74 Å². The van der Waals surface area contributed by atoms with Crippen molar-refractivity contribution in [1.82, 2.24) is 0 Å². The predicted molar refractivity (Wildman–Crippen MR) is 72.2 cm³/mol. The molecule has 1 aliphatic heterocycles. The number of phenols is 1. The van der Waals surface area contributed by atoms with E-state index in [4.69, 9.17) is 4.74 Å². The molecule has 1 aliphatic rings. The minimum atomic E-state index is 0.191. The van der Waals surface area contributed by atoms with E-state index in [-0.39, 0.29) is 5.75 Å². The number of phenolic OH excluding ortho intramolecular Hbond substituents is 1. The van der Waals surface area contributed by atoms with Crippen LogP contribution in [-0.4, -0.2) is 5.11 Å². The highest BCUT2D eigenvalue weighted by molar-refractivity contribution is 5.87. The zero-order chi connectivity index (χ0) is 12.5. The van der Waals surface area contributed by atoms with E-state index in [1.54, 1.807) is 12.1 Å². The summed E-state index contributed by atoms with van der Waals surface area (Å²) < 4.78 is 5.81. The Labute approximate surface area is 105 Å². The van der Waals surface area contributed by atoms with Crippen LogP contribution in [0.2, 0.25) is 0 Å². The van der Waals surface area contributed by atoms with Gasteiger partial charge in [-0.1, -0.05) is 36.9 Å². The maximum Gasteiger partial charge on any atom is 0.138 e. The van der Waals surface area contributed by atoms with Crippen molar-refractivity contribution in [2.24, 2.45) is 0 Å². The molecule has 0 spiro atoms. The number of hydrogen-bond donors (Lipinski definition) is 1. The van der Waals surface area contributed by atoms with Crippen LogP contribution in [0.4, 0.5) is 0 Å². The van der Waals surface area contributed by atoms with Crippen LogP contribution >= 0.6 is 0 Å². The highest BCUT2D eigenvalue weighted by Crippen LogP contribution is 2.37. The van der Waals surface area contributed by atoms with E-state index in [1.165, 1.54) is 0 Å². The van der Waals surface area contributed by atoms with Crippen LogP contribution in [0.1, 0.15) is 11.1 Å². The third-order valence-electron chi connectivity index (χ3n) is 2.89. The second kappa shape index (κ2) is 4.08. The molecule has 0 aliphatic carbocycles. The van der Waals surface area contributed by atoms with Gasteiger partial charge in [0.25, 0.3) is 0 Å². The second-order valence-electron chi connectivity index (χ2n) is 4.18. The van der Waals surface area contributed by atoms with Crippen LogP contribution in [0.25, 0.3) is 11.3 Å². The molecular formula is C16H12O2. The van der Waals surface area contributed by atoms with Crippen LogP contribution in [0, 0.1) is 0 Å². The van der Waals surface area contributed by atoms with Crippen molar-refractivity contribution in [3.63, 3.8) is 0 Å². The molecule has 0 bridgehead atoms. The molecule has 0 atom stereocenters. The van der Waals surface area contributed by atoms with Crippen molar-refractivity contribution in [1.29, 1.82) is 0 Å². The minimum absolute atomic E-state index is 0.191. The van der Waals surface area contributed by atoms with E-state index in [0.29, 0.717) is 5.75 Å². The lowest BCUT2D eigenvalue weighted by molar-refractivity contribution is 0.462. The van der Waals surface area contributed by atoms with E-state index < -0.39 is 0 Å². The molecule has 3 rings (SSSR count). The molecule has 2 aromatic rings. The Kier molecular flexibility index (Phi) is 2.41. The fourth-order valence-electron chi connectivity index (χ4n) is 1.99. The number of aromatic hydroxyl groups is 1. The summed E-state index contributed by atoms with van der Waals surface area (Å²) >= 11 is 0. The molecule has 2 aromatic carbocycles. The summed E-state index contributed by atoms with van der Waals surface area (Å²) in [5, 5.41) is 9.50. The Morgan fingerprint density at radius 1 is 1.00 bits per heavy atom. The Morgan fingerprint density at radius 3 is 2.56 bits per heavy atom. The Morgan fingerprint density at radius 2 is 1.78 bits per heavy atom. The quantitative estimate of drug-likeness (QED) is 0.815. The zero-order valence-electron chi connectivity index (χ0n) is 9.76. The summed E-state index contributed by atoms with van der Waals surface area (Å²) in [5.41, 5.74) is 2.79. The summed E-state index contributed by atoms with van der Waals surface area (Å²) in [6.45, 7) is 4.02. The first-order valence-electron chi connectivity index (χ1n) is 5.71. The molecule has 0 unspecified atom stereocenters. The first kappa shape index (κ1) is 10.7. The van der Waals surface area contributed by atoms with E-state index >= 15 is 0 Å². The van der Waals surface area contributed by atoms with Gasteiger partial charge in [0.2, 0.25) is 0 Å². The van der Waals surface area contributed by atoms with Crippen molar-refractivity contribution in [2.45, 2.75) is 0 Å². The van der Waals surface area contributed by atoms with Gasteiger partial charge in [-0.3, -0.25) is 0 Å². The van der Waals surface area contributed by atoms with E-state index in [1.807, 2.05) is 42.5 Å². The average Bonchev–Trinajstić information content (AvgIpc) is 2.39. The lowest BCUT2D eigenvalue weighted by Crippen LogP contribution is -2.02.